The van der Waals surface area contributed by atoms with E-state index in [0.717, 1.165) is 6.42 Å². The van der Waals surface area contributed by atoms with Gasteiger partial charge in [0, 0.05) is 11.6 Å². The Morgan fingerprint density at radius 1 is 1.39 bits per heavy atom. The van der Waals surface area contributed by atoms with Gasteiger partial charge in [0.2, 0.25) is 10.0 Å². The number of nitrogens with two attached hydrogens (primary N) is 1. The summed E-state index contributed by atoms with van der Waals surface area (Å²) in [6, 6.07) is 2.72. The van der Waals surface area contributed by atoms with Crippen LogP contribution in [0.15, 0.2) is 17.0 Å². The minimum atomic E-state index is -3.71. The van der Waals surface area contributed by atoms with Crippen LogP contribution >= 0.6 is 23.2 Å². The second kappa shape index (κ2) is 6.10. The molecule has 0 aliphatic rings. The van der Waals surface area contributed by atoms with Crippen LogP contribution in [0.3, 0.4) is 0 Å². The fourth-order valence-corrected chi connectivity index (χ4v) is 3.48. The third kappa shape index (κ3) is 3.75. The van der Waals surface area contributed by atoms with Crippen molar-refractivity contribution in [2.45, 2.75) is 25.2 Å². The normalized spacial score (nSPS) is 13.6. The molecule has 0 heterocycles. The van der Waals surface area contributed by atoms with Gasteiger partial charge in [-0.3, -0.25) is 0 Å². The molecule has 0 aliphatic heterocycles. The van der Waals surface area contributed by atoms with Gasteiger partial charge >= 0.3 is 0 Å². The maximum atomic E-state index is 12.1. The van der Waals surface area contributed by atoms with Crippen molar-refractivity contribution in [3.63, 3.8) is 0 Å². The Balaban J connectivity index is 3.06. The molecule has 0 aromatic heterocycles. The molecule has 0 aliphatic carbocycles. The molecule has 1 unspecified atom stereocenters. The third-order valence-electron chi connectivity index (χ3n) is 2.62. The molecule has 0 saturated heterocycles. The van der Waals surface area contributed by atoms with E-state index in [1.54, 1.807) is 0 Å². The van der Waals surface area contributed by atoms with Gasteiger partial charge < -0.3 is 5.73 Å². The van der Waals surface area contributed by atoms with Crippen LogP contribution in [0.5, 0.6) is 0 Å². The highest BCUT2D eigenvalue weighted by atomic mass is 35.5. The van der Waals surface area contributed by atoms with Crippen LogP contribution in [0.4, 0.5) is 5.69 Å². The molecule has 18 heavy (non-hydrogen) atoms. The number of rotatable bonds is 5. The fourth-order valence-electron chi connectivity index (χ4n) is 1.33. The molecule has 0 bridgehead atoms. The first-order valence-electron chi connectivity index (χ1n) is 5.52. The first-order valence-corrected chi connectivity index (χ1v) is 7.76. The van der Waals surface area contributed by atoms with Crippen molar-refractivity contribution in [3.05, 3.63) is 22.2 Å². The first-order chi connectivity index (χ1) is 8.27. The molecule has 1 aromatic rings. The van der Waals surface area contributed by atoms with Crippen molar-refractivity contribution >= 4 is 38.9 Å². The van der Waals surface area contributed by atoms with Gasteiger partial charge in [-0.1, -0.05) is 43.5 Å². The highest BCUT2D eigenvalue weighted by Crippen LogP contribution is 2.30. The average Bonchev–Trinajstić information content (AvgIpc) is 2.24. The predicted molar refractivity (Wildman–Crippen MR) is 75.5 cm³/mol. The van der Waals surface area contributed by atoms with Crippen LogP contribution in [-0.4, -0.2) is 15.0 Å². The molecule has 3 N–H and O–H groups in total. The van der Waals surface area contributed by atoms with Gasteiger partial charge in [0.1, 0.15) is 4.90 Å². The summed E-state index contributed by atoms with van der Waals surface area (Å²) in [5.41, 5.74) is 5.70. The highest BCUT2D eigenvalue weighted by molar-refractivity contribution is 7.89. The molecule has 1 atom stereocenters. The van der Waals surface area contributed by atoms with Crippen molar-refractivity contribution in [1.82, 2.24) is 4.72 Å². The second-order valence-corrected chi connectivity index (χ2v) is 6.72. The SMILES string of the molecule is CCC(C)CNS(=O)(=O)c1c(N)cc(Cl)cc1Cl. The molecule has 0 amide bonds. The van der Waals surface area contributed by atoms with Gasteiger partial charge in [-0.25, -0.2) is 13.1 Å². The Morgan fingerprint density at radius 3 is 2.50 bits per heavy atom. The Morgan fingerprint density at radius 2 is 2.00 bits per heavy atom. The zero-order chi connectivity index (χ0) is 13.9. The largest absolute Gasteiger partial charge is 0.398 e. The van der Waals surface area contributed by atoms with Crippen LogP contribution in [0.25, 0.3) is 0 Å². The van der Waals surface area contributed by atoms with Gasteiger partial charge in [-0.15, -0.1) is 0 Å². The lowest BCUT2D eigenvalue weighted by molar-refractivity contribution is 0.528. The van der Waals surface area contributed by atoms with E-state index in [2.05, 4.69) is 4.72 Å². The van der Waals surface area contributed by atoms with E-state index in [4.69, 9.17) is 28.9 Å². The highest BCUT2D eigenvalue weighted by Gasteiger charge is 2.22. The standard InChI is InChI=1S/C11H16Cl2N2O2S/c1-3-7(2)6-15-18(16,17)11-9(13)4-8(12)5-10(11)14/h4-5,7,15H,3,6,14H2,1-2H3. The summed E-state index contributed by atoms with van der Waals surface area (Å²) in [7, 11) is -3.71. The van der Waals surface area contributed by atoms with Crippen LogP contribution < -0.4 is 10.5 Å². The van der Waals surface area contributed by atoms with E-state index in [-0.39, 0.29) is 21.5 Å². The lowest BCUT2D eigenvalue weighted by Gasteiger charge is -2.13. The number of hydrogen-bond acceptors (Lipinski definition) is 3. The van der Waals surface area contributed by atoms with E-state index in [1.165, 1.54) is 12.1 Å². The molecule has 7 heteroatoms. The molecule has 102 valence electrons. The molecule has 4 nitrogen and oxygen atoms in total. The number of anilines is 1. The van der Waals surface area contributed by atoms with E-state index in [9.17, 15) is 8.42 Å². The molecular weight excluding hydrogens is 295 g/mol. The molecule has 0 spiro atoms. The number of nitrogens with one attached hydrogen (secondary N) is 1. The van der Waals surface area contributed by atoms with E-state index in [1.807, 2.05) is 13.8 Å². The van der Waals surface area contributed by atoms with Crippen molar-refractivity contribution in [3.8, 4) is 0 Å². The minimum absolute atomic E-state index is 0.0247. The van der Waals surface area contributed by atoms with Crippen molar-refractivity contribution in [1.29, 1.82) is 0 Å². The second-order valence-electron chi connectivity index (χ2n) is 4.17. The van der Waals surface area contributed by atoms with Gasteiger partial charge in [0.05, 0.1) is 10.7 Å². The molecule has 0 fully saturated rings. The monoisotopic (exact) mass is 310 g/mol. The molecular formula is C11H16Cl2N2O2S. The smallest absolute Gasteiger partial charge is 0.244 e. The summed E-state index contributed by atoms with van der Waals surface area (Å²) in [4.78, 5) is -0.114. The van der Waals surface area contributed by atoms with Gasteiger partial charge in [0.15, 0.2) is 0 Å². The third-order valence-corrected chi connectivity index (χ3v) is 4.79. The molecule has 0 saturated carbocycles. The fraction of sp³-hybridized carbons (Fsp3) is 0.455. The van der Waals surface area contributed by atoms with Crippen molar-refractivity contribution in [2.24, 2.45) is 5.92 Å². The molecule has 0 radical (unpaired) electrons. The van der Waals surface area contributed by atoms with E-state index >= 15 is 0 Å². The zero-order valence-corrected chi connectivity index (χ0v) is 12.5. The summed E-state index contributed by atoms with van der Waals surface area (Å²) in [5.74, 6) is 0.243. The van der Waals surface area contributed by atoms with Crippen LogP contribution in [-0.2, 0) is 10.0 Å². The number of hydrogen-bond donors (Lipinski definition) is 2. The minimum Gasteiger partial charge on any atom is -0.398 e. The van der Waals surface area contributed by atoms with E-state index < -0.39 is 10.0 Å². The summed E-state index contributed by atoms with van der Waals surface area (Å²) < 4.78 is 26.7. The first kappa shape index (κ1) is 15.6. The Hall–Kier alpha value is -0.490. The number of benzene rings is 1. The topological polar surface area (TPSA) is 72.2 Å². The van der Waals surface area contributed by atoms with Gasteiger partial charge in [-0.05, 0) is 18.1 Å². The maximum Gasteiger partial charge on any atom is 0.244 e. The van der Waals surface area contributed by atoms with Gasteiger partial charge in [-0.2, -0.15) is 0 Å². The Bertz CT molecular complexity index is 509. The van der Waals surface area contributed by atoms with Crippen LogP contribution in [0.1, 0.15) is 20.3 Å². The van der Waals surface area contributed by atoms with Crippen molar-refractivity contribution < 1.29 is 8.42 Å². The quantitative estimate of drug-likeness (QED) is 0.821. The summed E-state index contributed by atoms with van der Waals surface area (Å²) in [6.07, 6.45) is 0.881. The summed E-state index contributed by atoms with van der Waals surface area (Å²) >= 11 is 11.6. The molecule has 1 rings (SSSR count). The number of halogens is 2. The van der Waals surface area contributed by atoms with Gasteiger partial charge in [0.25, 0.3) is 0 Å². The number of nitrogen functional groups attached to an aromatic ring is 1. The van der Waals surface area contributed by atoms with E-state index in [0.29, 0.717) is 11.6 Å². The summed E-state index contributed by atoms with van der Waals surface area (Å²) in [6.45, 7) is 4.29. The van der Waals surface area contributed by atoms with Crippen LogP contribution in [0, 0.1) is 5.92 Å². The zero-order valence-electron chi connectivity index (χ0n) is 10.2. The summed E-state index contributed by atoms with van der Waals surface area (Å²) in [5, 5.41) is 0.329. The Kier molecular flexibility index (Phi) is 5.28. The molecule has 1 aromatic carbocycles. The predicted octanol–water partition coefficient (Wildman–Crippen LogP) is 2.90. The lowest BCUT2D eigenvalue weighted by atomic mass is 10.1. The average molecular weight is 311 g/mol. The van der Waals surface area contributed by atoms with Crippen LogP contribution in [0.2, 0.25) is 10.0 Å². The Labute approximate surface area is 118 Å². The van der Waals surface area contributed by atoms with Crippen molar-refractivity contribution in [2.75, 3.05) is 12.3 Å². The maximum absolute atomic E-state index is 12.1. The lowest BCUT2D eigenvalue weighted by Crippen LogP contribution is -2.29. The number of sulfonamides is 1.